The van der Waals surface area contributed by atoms with E-state index in [1.54, 1.807) is 51.1 Å². The molecule has 0 aromatic heterocycles. The van der Waals surface area contributed by atoms with Crippen LogP contribution in [0.3, 0.4) is 0 Å². The number of carbonyl (C=O) groups is 1. The van der Waals surface area contributed by atoms with Gasteiger partial charge in [-0.2, -0.15) is 13.2 Å². The van der Waals surface area contributed by atoms with Gasteiger partial charge in [-0.25, -0.2) is 10.2 Å². The van der Waals surface area contributed by atoms with Crippen LogP contribution in [0, 0.1) is 0 Å². The van der Waals surface area contributed by atoms with Gasteiger partial charge in [0.15, 0.2) is 0 Å². The summed E-state index contributed by atoms with van der Waals surface area (Å²) in [5, 5.41) is 0. The minimum atomic E-state index is -4.36. The van der Waals surface area contributed by atoms with Crippen molar-refractivity contribution in [3.63, 3.8) is 0 Å². The van der Waals surface area contributed by atoms with Gasteiger partial charge in [-0.3, -0.25) is 5.43 Å². The molecule has 4 nitrogen and oxygen atoms in total. The molecule has 0 heterocycles. The summed E-state index contributed by atoms with van der Waals surface area (Å²) in [4.78, 5) is 11.5. The third-order valence-electron chi connectivity index (χ3n) is 2.38. The van der Waals surface area contributed by atoms with Crippen LogP contribution in [-0.2, 0) is 4.74 Å². The van der Waals surface area contributed by atoms with E-state index in [9.17, 15) is 18.0 Å². The van der Waals surface area contributed by atoms with Crippen molar-refractivity contribution in [2.45, 2.75) is 45.0 Å². The molecule has 0 radical (unpaired) electrons. The molecule has 0 aliphatic rings. The molecule has 1 aromatic carbocycles. The van der Waals surface area contributed by atoms with Gasteiger partial charge < -0.3 is 4.74 Å². The van der Waals surface area contributed by atoms with Crippen LogP contribution in [0.1, 0.15) is 38.8 Å². The van der Waals surface area contributed by atoms with E-state index >= 15 is 0 Å². The van der Waals surface area contributed by atoms with Crippen molar-refractivity contribution in [1.29, 1.82) is 0 Å². The average molecular weight is 304 g/mol. The number of ether oxygens (including phenoxy) is 1. The number of amides is 1. The lowest BCUT2D eigenvalue weighted by Gasteiger charge is -2.23. The summed E-state index contributed by atoms with van der Waals surface area (Å²) in [5.41, 5.74) is 4.22. The maximum Gasteiger partial charge on any atom is 0.422 e. The Kier molecular flexibility index (Phi) is 5.60. The molecule has 1 atom stereocenters. The first-order valence-electron chi connectivity index (χ1n) is 6.43. The summed E-state index contributed by atoms with van der Waals surface area (Å²) in [6.45, 7) is 4.99. The molecule has 118 valence electrons. The lowest BCUT2D eigenvalue weighted by atomic mass is 10.0. The number of hydrogen-bond donors (Lipinski definition) is 2. The van der Waals surface area contributed by atoms with Crippen LogP contribution in [0.25, 0.3) is 0 Å². The molecular weight excluding hydrogens is 285 g/mol. The van der Waals surface area contributed by atoms with Crippen molar-refractivity contribution < 1.29 is 22.7 Å². The lowest BCUT2D eigenvalue weighted by molar-refractivity contribution is -0.141. The van der Waals surface area contributed by atoms with Crippen LogP contribution in [0.4, 0.5) is 18.0 Å². The molecule has 0 saturated carbocycles. The van der Waals surface area contributed by atoms with Crippen LogP contribution in [0.2, 0.25) is 0 Å². The standard InChI is InChI=1S/C14H19F3N2O2/c1-13(2,3)21-12(20)19-18-11(9-14(15,16)17)10-7-5-4-6-8-10/h4-8,11,18H,9H2,1-3H3,(H,19,20). The Morgan fingerprint density at radius 2 is 1.76 bits per heavy atom. The number of carbonyl (C=O) groups excluding carboxylic acids is 1. The first-order chi connectivity index (χ1) is 9.57. The molecule has 2 N–H and O–H groups in total. The molecule has 0 saturated heterocycles. The minimum Gasteiger partial charge on any atom is -0.443 e. The monoisotopic (exact) mass is 304 g/mol. The Hall–Kier alpha value is -1.76. The van der Waals surface area contributed by atoms with E-state index < -0.39 is 30.3 Å². The van der Waals surface area contributed by atoms with Gasteiger partial charge in [0.1, 0.15) is 5.60 Å². The van der Waals surface area contributed by atoms with Gasteiger partial charge in [0.25, 0.3) is 0 Å². The highest BCUT2D eigenvalue weighted by atomic mass is 19.4. The van der Waals surface area contributed by atoms with Crippen LogP contribution >= 0.6 is 0 Å². The number of hydrazine groups is 1. The van der Waals surface area contributed by atoms with Crippen molar-refractivity contribution in [1.82, 2.24) is 10.9 Å². The predicted octanol–water partition coefficient (Wildman–Crippen LogP) is 3.71. The molecule has 1 rings (SSSR count). The van der Waals surface area contributed by atoms with E-state index in [-0.39, 0.29) is 0 Å². The van der Waals surface area contributed by atoms with Crippen LogP contribution in [0.15, 0.2) is 30.3 Å². The van der Waals surface area contributed by atoms with Crippen molar-refractivity contribution in [3.8, 4) is 0 Å². The van der Waals surface area contributed by atoms with Gasteiger partial charge in [-0.05, 0) is 26.3 Å². The van der Waals surface area contributed by atoms with Gasteiger partial charge >= 0.3 is 12.3 Å². The first-order valence-corrected chi connectivity index (χ1v) is 6.43. The van der Waals surface area contributed by atoms with Crippen molar-refractivity contribution in [3.05, 3.63) is 35.9 Å². The van der Waals surface area contributed by atoms with Crippen LogP contribution < -0.4 is 10.9 Å². The first kappa shape index (κ1) is 17.3. The Morgan fingerprint density at radius 1 is 1.19 bits per heavy atom. The lowest BCUT2D eigenvalue weighted by Crippen LogP contribution is -2.44. The molecule has 0 aliphatic carbocycles. The normalized spacial score (nSPS) is 13.6. The number of halogens is 3. The molecule has 1 unspecified atom stereocenters. The molecule has 1 aromatic rings. The average Bonchev–Trinajstić information content (AvgIpc) is 2.32. The molecule has 0 spiro atoms. The van der Waals surface area contributed by atoms with Crippen molar-refractivity contribution in [2.24, 2.45) is 0 Å². The zero-order valence-corrected chi connectivity index (χ0v) is 12.1. The topological polar surface area (TPSA) is 50.4 Å². The van der Waals surface area contributed by atoms with Gasteiger partial charge in [0.05, 0.1) is 12.5 Å². The van der Waals surface area contributed by atoms with Gasteiger partial charge in [-0.1, -0.05) is 30.3 Å². The Balaban J connectivity index is 2.69. The predicted molar refractivity (Wildman–Crippen MR) is 72.4 cm³/mol. The highest BCUT2D eigenvalue weighted by Crippen LogP contribution is 2.29. The Bertz CT molecular complexity index is 456. The third-order valence-corrected chi connectivity index (χ3v) is 2.38. The highest BCUT2D eigenvalue weighted by molar-refractivity contribution is 5.67. The number of hydrogen-bond acceptors (Lipinski definition) is 3. The zero-order chi connectivity index (χ0) is 16.1. The minimum absolute atomic E-state index is 0.422. The van der Waals surface area contributed by atoms with Crippen LogP contribution in [-0.4, -0.2) is 17.9 Å². The van der Waals surface area contributed by atoms with Gasteiger partial charge in [0.2, 0.25) is 0 Å². The summed E-state index contributed by atoms with van der Waals surface area (Å²) in [6.07, 6.45) is -6.29. The molecule has 1 amide bonds. The summed E-state index contributed by atoms with van der Waals surface area (Å²) in [7, 11) is 0. The molecule has 21 heavy (non-hydrogen) atoms. The third kappa shape index (κ3) is 7.55. The van der Waals surface area contributed by atoms with Crippen molar-refractivity contribution in [2.75, 3.05) is 0 Å². The van der Waals surface area contributed by atoms with Gasteiger partial charge in [-0.15, -0.1) is 0 Å². The fourth-order valence-corrected chi connectivity index (χ4v) is 1.62. The fraction of sp³-hybridized carbons (Fsp3) is 0.500. The number of nitrogens with one attached hydrogen (secondary N) is 2. The van der Waals surface area contributed by atoms with E-state index in [0.29, 0.717) is 5.56 Å². The van der Waals surface area contributed by atoms with E-state index in [1.807, 2.05) is 0 Å². The Morgan fingerprint density at radius 3 is 2.24 bits per heavy atom. The van der Waals surface area contributed by atoms with Gasteiger partial charge in [0, 0.05) is 0 Å². The molecule has 0 fully saturated rings. The summed E-state index contributed by atoms with van der Waals surface area (Å²) < 4.78 is 42.8. The maximum atomic E-state index is 12.6. The SMILES string of the molecule is CC(C)(C)OC(=O)NNC(CC(F)(F)F)c1ccccc1. The van der Waals surface area contributed by atoms with E-state index in [0.717, 1.165) is 0 Å². The maximum absolute atomic E-state index is 12.6. The molecule has 0 aliphatic heterocycles. The van der Waals surface area contributed by atoms with Crippen LogP contribution in [0.5, 0.6) is 0 Å². The number of rotatable bonds is 4. The fourth-order valence-electron chi connectivity index (χ4n) is 1.62. The highest BCUT2D eigenvalue weighted by Gasteiger charge is 2.33. The second-order valence-corrected chi connectivity index (χ2v) is 5.55. The number of alkyl halides is 3. The summed E-state index contributed by atoms with van der Waals surface area (Å²) >= 11 is 0. The smallest absolute Gasteiger partial charge is 0.422 e. The zero-order valence-electron chi connectivity index (χ0n) is 12.1. The Labute approximate surface area is 121 Å². The van der Waals surface area contributed by atoms with E-state index in [2.05, 4.69) is 10.9 Å². The summed E-state index contributed by atoms with van der Waals surface area (Å²) in [6, 6.07) is 7.00. The molecule has 7 heteroatoms. The second-order valence-electron chi connectivity index (χ2n) is 5.55. The van der Waals surface area contributed by atoms with Crippen molar-refractivity contribution >= 4 is 6.09 Å². The molecule has 0 bridgehead atoms. The largest absolute Gasteiger partial charge is 0.443 e. The van der Waals surface area contributed by atoms with E-state index in [1.165, 1.54) is 0 Å². The summed E-state index contributed by atoms with van der Waals surface area (Å²) in [5.74, 6) is 0. The van der Waals surface area contributed by atoms with E-state index in [4.69, 9.17) is 4.74 Å². The molecular formula is C14H19F3N2O2. The quantitative estimate of drug-likeness (QED) is 0.834. The number of benzene rings is 1. The second kappa shape index (κ2) is 6.80.